The average molecular weight is 389 g/mol. The molecule has 0 unspecified atom stereocenters. The number of benzene rings is 1. The van der Waals surface area contributed by atoms with Crippen LogP contribution < -0.4 is 20.1 Å². The largest absolute Gasteiger partial charge is 0.473 e. The summed E-state index contributed by atoms with van der Waals surface area (Å²) in [7, 11) is 1.94. The van der Waals surface area contributed by atoms with E-state index in [0.717, 1.165) is 24.3 Å². The molecule has 0 aliphatic carbocycles. The first kappa shape index (κ1) is 18.5. The van der Waals surface area contributed by atoms with Crippen molar-refractivity contribution in [2.75, 3.05) is 18.5 Å². The van der Waals surface area contributed by atoms with Crippen molar-refractivity contribution in [2.45, 2.75) is 19.6 Å². The molecular weight excluding hydrogens is 370 g/mol. The van der Waals surface area contributed by atoms with Gasteiger partial charge in [-0.1, -0.05) is 6.07 Å². The molecule has 3 aromatic rings. The van der Waals surface area contributed by atoms with Crippen LogP contribution in [0, 0.1) is 11.3 Å². The Labute approximate surface area is 167 Å². The van der Waals surface area contributed by atoms with Gasteiger partial charge in [0.2, 0.25) is 5.88 Å². The molecule has 1 aliphatic rings. The van der Waals surface area contributed by atoms with E-state index >= 15 is 0 Å². The minimum absolute atomic E-state index is 0.182. The maximum Gasteiger partial charge on any atom is 0.352 e. The molecule has 3 heterocycles. The normalized spacial score (nSPS) is 12.8. The Hall–Kier alpha value is -3.86. The van der Waals surface area contributed by atoms with Gasteiger partial charge in [0.05, 0.1) is 11.8 Å². The van der Waals surface area contributed by atoms with Crippen molar-refractivity contribution in [3.8, 4) is 23.4 Å². The molecule has 0 radical (unpaired) electrons. The molecular formula is C21H19N5O3. The zero-order chi connectivity index (χ0) is 20.2. The minimum Gasteiger partial charge on any atom is -0.473 e. The fraction of sp³-hybridized carbons (Fsp3) is 0.238. The topological polar surface area (TPSA) is 93.3 Å². The molecule has 0 amide bonds. The standard InChI is InChI=1S/C21H19N5O3/c1-25-8-3-9-26-20(25)11-19(24-21(26)27)28-14-15-5-6-18(16(10-15)12-22)29-17-4-2-7-23-13-17/h2,4-7,10-11,13H,3,8-9,14H2,1H3. The summed E-state index contributed by atoms with van der Waals surface area (Å²) in [6.45, 7) is 1.73. The summed E-state index contributed by atoms with van der Waals surface area (Å²) in [6.07, 6.45) is 4.14. The molecule has 29 heavy (non-hydrogen) atoms. The fourth-order valence-corrected chi connectivity index (χ4v) is 3.19. The van der Waals surface area contributed by atoms with E-state index in [9.17, 15) is 10.1 Å². The van der Waals surface area contributed by atoms with Crippen LogP contribution >= 0.6 is 0 Å². The van der Waals surface area contributed by atoms with Crippen LogP contribution in [0.3, 0.4) is 0 Å². The molecule has 4 rings (SSSR count). The average Bonchev–Trinajstić information content (AvgIpc) is 2.74. The van der Waals surface area contributed by atoms with Crippen LogP contribution in [-0.4, -0.2) is 28.1 Å². The number of rotatable bonds is 5. The van der Waals surface area contributed by atoms with Crippen LogP contribution in [0.25, 0.3) is 0 Å². The van der Waals surface area contributed by atoms with E-state index in [0.29, 0.717) is 23.6 Å². The summed E-state index contributed by atoms with van der Waals surface area (Å²) in [5.74, 6) is 2.06. The molecule has 8 heteroatoms. The maximum absolute atomic E-state index is 12.2. The highest BCUT2D eigenvalue weighted by molar-refractivity contribution is 5.47. The zero-order valence-corrected chi connectivity index (χ0v) is 15.9. The van der Waals surface area contributed by atoms with Crippen LogP contribution in [0.2, 0.25) is 0 Å². The van der Waals surface area contributed by atoms with Gasteiger partial charge in [-0.05, 0) is 36.2 Å². The summed E-state index contributed by atoms with van der Waals surface area (Å²) in [6, 6.07) is 12.7. The number of aromatic nitrogens is 3. The number of hydrogen-bond donors (Lipinski definition) is 0. The molecule has 1 aromatic carbocycles. The van der Waals surface area contributed by atoms with E-state index in [2.05, 4.69) is 16.0 Å². The number of hydrogen-bond acceptors (Lipinski definition) is 7. The second-order valence-corrected chi connectivity index (χ2v) is 6.68. The minimum atomic E-state index is -0.318. The van der Waals surface area contributed by atoms with Crippen LogP contribution in [-0.2, 0) is 13.2 Å². The van der Waals surface area contributed by atoms with Gasteiger partial charge in [0, 0.05) is 32.4 Å². The monoisotopic (exact) mass is 389 g/mol. The Morgan fingerprint density at radius 1 is 1.24 bits per heavy atom. The number of pyridine rings is 1. The summed E-state index contributed by atoms with van der Waals surface area (Å²) < 4.78 is 13.1. The summed E-state index contributed by atoms with van der Waals surface area (Å²) in [5.41, 5.74) is 0.836. The molecule has 0 saturated carbocycles. The first-order valence-electron chi connectivity index (χ1n) is 9.21. The van der Waals surface area contributed by atoms with Crippen molar-refractivity contribution in [1.29, 1.82) is 5.26 Å². The van der Waals surface area contributed by atoms with Gasteiger partial charge >= 0.3 is 5.69 Å². The Morgan fingerprint density at radius 2 is 2.14 bits per heavy atom. The molecule has 0 fully saturated rings. The van der Waals surface area contributed by atoms with Crippen LogP contribution in [0.5, 0.6) is 17.4 Å². The lowest BCUT2D eigenvalue weighted by atomic mass is 10.1. The third-order valence-corrected chi connectivity index (χ3v) is 4.65. The van der Waals surface area contributed by atoms with Gasteiger partial charge in [-0.2, -0.15) is 10.2 Å². The van der Waals surface area contributed by atoms with Crippen molar-refractivity contribution in [1.82, 2.24) is 14.5 Å². The second kappa shape index (κ2) is 8.02. The van der Waals surface area contributed by atoms with E-state index in [1.807, 2.05) is 18.0 Å². The lowest BCUT2D eigenvalue weighted by Crippen LogP contribution is -2.36. The predicted molar refractivity (Wildman–Crippen MR) is 106 cm³/mol. The van der Waals surface area contributed by atoms with Gasteiger partial charge < -0.3 is 14.4 Å². The predicted octanol–water partition coefficient (Wildman–Crippen LogP) is 2.72. The number of ether oxygens (including phenoxy) is 2. The lowest BCUT2D eigenvalue weighted by molar-refractivity contribution is 0.290. The second-order valence-electron chi connectivity index (χ2n) is 6.68. The number of fused-ring (bicyclic) bond motifs is 1. The van der Waals surface area contributed by atoms with Crippen LogP contribution in [0.15, 0.2) is 53.6 Å². The Morgan fingerprint density at radius 3 is 2.93 bits per heavy atom. The highest BCUT2D eigenvalue weighted by Gasteiger charge is 2.17. The zero-order valence-electron chi connectivity index (χ0n) is 15.9. The molecule has 2 aromatic heterocycles. The van der Waals surface area contributed by atoms with Crippen molar-refractivity contribution in [3.63, 3.8) is 0 Å². The van der Waals surface area contributed by atoms with Gasteiger partial charge in [0.25, 0.3) is 0 Å². The number of nitrogens with zero attached hydrogens (tertiary/aromatic N) is 5. The van der Waals surface area contributed by atoms with E-state index in [1.54, 1.807) is 47.3 Å². The highest BCUT2D eigenvalue weighted by Crippen LogP contribution is 2.26. The summed E-state index contributed by atoms with van der Waals surface area (Å²) in [4.78, 5) is 22.3. The Kier molecular flexibility index (Phi) is 5.12. The highest BCUT2D eigenvalue weighted by atomic mass is 16.5. The van der Waals surface area contributed by atoms with Gasteiger partial charge in [-0.3, -0.25) is 9.55 Å². The Balaban J connectivity index is 1.51. The quantitative estimate of drug-likeness (QED) is 0.662. The summed E-state index contributed by atoms with van der Waals surface area (Å²) >= 11 is 0. The first-order valence-corrected chi connectivity index (χ1v) is 9.21. The lowest BCUT2D eigenvalue weighted by Gasteiger charge is -2.28. The molecule has 0 atom stereocenters. The van der Waals surface area contributed by atoms with E-state index < -0.39 is 0 Å². The van der Waals surface area contributed by atoms with Gasteiger partial charge in [0.15, 0.2) is 0 Å². The van der Waals surface area contributed by atoms with E-state index in [4.69, 9.17) is 9.47 Å². The van der Waals surface area contributed by atoms with Gasteiger partial charge in [-0.25, -0.2) is 4.79 Å². The van der Waals surface area contributed by atoms with E-state index in [-0.39, 0.29) is 18.2 Å². The first-order chi connectivity index (χ1) is 14.1. The maximum atomic E-state index is 12.2. The molecule has 1 aliphatic heterocycles. The Bertz CT molecular complexity index is 1120. The van der Waals surface area contributed by atoms with Gasteiger partial charge in [-0.15, -0.1) is 0 Å². The van der Waals surface area contributed by atoms with Crippen molar-refractivity contribution in [3.05, 3.63) is 70.4 Å². The number of anilines is 1. The molecule has 0 saturated heterocycles. The molecule has 0 N–H and O–H groups in total. The molecule has 0 bridgehead atoms. The number of nitriles is 1. The van der Waals surface area contributed by atoms with Gasteiger partial charge in [0.1, 0.15) is 30.0 Å². The van der Waals surface area contributed by atoms with Crippen molar-refractivity contribution >= 4 is 5.82 Å². The van der Waals surface area contributed by atoms with Crippen molar-refractivity contribution in [2.24, 2.45) is 0 Å². The third kappa shape index (κ3) is 4.04. The van der Waals surface area contributed by atoms with Crippen molar-refractivity contribution < 1.29 is 9.47 Å². The van der Waals surface area contributed by atoms with Crippen LogP contribution in [0.4, 0.5) is 5.82 Å². The third-order valence-electron chi connectivity index (χ3n) is 4.65. The molecule has 146 valence electrons. The molecule has 8 nitrogen and oxygen atoms in total. The van der Waals surface area contributed by atoms with E-state index in [1.165, 1.54) is 0 Å². The van der Waals surface area contributed by atoms with Crippen LogP contribution in [0.1, 0.15) is 17.5 Å². The SMILES string of the molecule is CN1CCCn2c1cc(OCc1ccc(Oc3cccnc3)c(C#N)c1)nc2=O. The fourth-order valence-electron chi connectivity index (χ4n) is 3.19. The smallest absolute Gasteiger partial charge is 0.352 e. The summed E-state index contributed by atoms with van der Waals surface area (Å²) in [5, 5.41) is 9.46. The molecule has 0 spiro atoms.